The van der Waals surface area contributed by atoms with Crippen LogP contribution >= 0.6 is 0 Å². The second-order valence-corrected chi connectivity index (χ2v) is 5.57. The molecule has 16 heavy (non-hydrogen) atoms. The van der Waals surface area contributed by atoms with Crippen molar-refractivity contribution in [1.29, 1.82) is 0 Å². The van der Waals surface area contributed by atoms with Gasteiger partial charge >= 0.3 is 0 Å². The van der Waals surface area contributed by atoms with Gasteiger partial charge in [-0.2, -0.15) is 0 Å². The number of sulfone groups is 1. The van der Waals surface area contributed by atoms with Crippen LogP contribution in [0.3, 0.4) is 0 Å². The molecule has 0 fully saturated rings. The van der Waals surface area contributed by atoms with Gasteiger partial charge in [-0.05, 0) is 6.92 Å². The highest BCUT2D eigenvalue weighted by Crippen LogP contribution is 2.13. The molecule has 2 aromatic heterocycles. The summed E-state index contributed by atoms with van der Waals surface area (Å²) in [5.74, 6) is -0.0791. The van der Waals surface area contributed by atoms with Gasteiger partial charge in [0.1, 0.15) is 0 Å². The average Bonchev–Trinajstić information content (AvgIpc) is 2.59. The van der Waals surface area contributed by atoms with Gasteiger partial charge in [-0.25, -0.2) is 13.4 Å². The van der Waals surface area contributed by atoms with Crippen LogP contribution in [0.25, 0.3) is 5.65 Å². The minimum atomic E-state index is -3.38. The fraction of sp³-hybridized carbons (Fsp3) is 0.200. The van der Waals surface area contributed by atoms with E-state index >= 15 is 0 Å². The zero-order chi connectivity index (χ0) is 11.8. The summed E-state index contributed by atoms with van der Waals surface area (Å²) in [5, 5.41) is 0.0588. The van der Waals surface area contributed by atoms with Gasteiger partial charge in [0.05, 0.1) is 11.9 Å². The second kappa shape index (κ2) is 3.71. The Labute approximate surface area is 93.4 Å². The number of rotatable bonds is 3. The molecule has 84 valence electrons. The molecule has 0 radical (unpaired) electrons. The highest BCUT2D eigenvalue weighted by atomic mass is 32.2. The molecule has 0 aliphatic rings. The Bertz CT molecular complexity index is 610. The van der Waals surface area contributed by atoms with E-state index in [1.165, 1.54) is 12.4 Å². The first-order chi connectivity index (χ1) is 7.49. The van der Waals surface area contributed by atoms with Crippen molar-refractivity contribution in [1.82, 2.24) is 14.4 Å². The zero-order valence-electron chi connectivity index (χ0n) is 8.79. The maximum absolute atomic E-state index is 11.9. The van der Waals surface area contributed by atoms with Gasteiger partial charge in [0.15, 0.2) is 10.7 Å². The predicted molar refractivity (Wildman–Crippen MR) is 59.9 cm³/mol. The van der Waals surface area contributed by atoms with E-state index in [0.29, 0.717) is 11.2 Å². The smallest absolute Gasteiger partial charge is 0.200 e. The quantitative estimate of drug-likeness (QED) is 0.749. The van der Waals surface area contributed by atoms with Crippen LogP contribution in [0, 0.1) is 0 Å². The van der Waals surface area contributed by atoms with Crippen molar-refractivity contribution < 1.29 is 8.42 Å². The molecule has 0 atom stereocenters. The van der Waals surface area contributed by atoms with Gasteiger partial charge in [-0.3, -0.25) is 4.98 Å². The van der Waals surface area contributed by atoms with Crippen LogP contribution < -0.4 is 0 Å². The predicted octanol–water partition coefficient (Wildman–Crippen LogP) is 1.08. The van der Waals surface area contributed by atoms with E-state index in [9.17, 15) is 8.42 Å². The summed E-state index contributed by atoms with van der Waals surface area (Å²) in [5.41, 5.74) is 1.11. The lowest BCUT2D eigenvalue weighted by Crippen LogP contribution is -2.07. The Morgan fingerprint density at radius 2 is 2.31 bits per heavy atom. The van der Waals surface area contributed by atoms with E-state index < -0.39 is 9.84 Å². The number of fused-ring (bicyclic) bond motifs is 1. The van der Waals surface area contributed by atoms with Crippen LogP contribution in [0.4, 0.5) is 0 Å². The molecule has 2 rings (SSSR count). The lowest BCUT2D eigenvalue weighted by molar-refractivity contribution is 0.595. The SMILES string of the molecule is C=C(C)CS(=O)(=O)c1cn2ccncc2n1. The van der Waals surface area contributed by atoms with Crippen molar-refractivity contribution in [2.75, 3.05) is 5.75 Å². The monoisotopic (exact) mass is 237 g/mol. The molecule has 2 aromatic rings. The van der Waals surface area contributed by atoms with Crippen molar-refractivity contribution in [2.24, 2.45) is 0 Å². The molecule has 0 saturated carbocycles. The van der Waals surface area contributed by atoms with Crippen LogP contribution in [0.1, 0.15) is 6.92 Å². The lowest BCUT2D eigenvalue weighted by Gasteiger charge is -1.98. The van der Waals surface area contributed by atoms with E-state index in [-0.39, 0.29) is 10.8 Å². The standard InChI is InChI=1S/C10H11N3O2S/c1-8(2)7-16(14,15)10-6-13-4-3-11-5-9(13)12-10/h3-6H,1,7H2,2H3. The molecule has 0 saturated heterocycles. The number of aromatic nitrogens is 3. The summed E-state index contributed by atoms with van der Waals surface area (Å²) in [6.07, 6.45) is 6.22. The van der Waals surface area contributed by atoms with Crippen molar-refractivity contribution in [2.45, 2.75) is 11.9 Å². The van der Waals surface area contributed by atoms with Gasteiger partial charge in [0.25, 0.3) is 0 Å². The molecule has 5 nitrogen and oxygen atoms in total. The summed E-state index contributed by atoms with van der Waals surface area (Å²) < 4.78 is 25.3. The Morgan fingerprint density at radius 3 is 2.94 bits per heavy atom. The highest BCUT2D eigenvalue weighted by molar-refractivity contribution is 7.91. The van der Waals surface area contributed by atoms with Crippen LogP contribution in [0.15, 0.2) is 42.0 Å². The molecule has 6 heteroatoms. The van der Waals surface area contributed by atoms with E-state index in [1.54, 1.807) is 23.7 Å². The van der Waals surface area contributed by atoms with Crippen LogP contribution in [-0.2, 0) is 9.84 Å². The maximum atomic E-state index is 11.9. The van der Waals surface area contributed by atoms with Gasteiger partial charge in [-0.15, -0.1) is 0 Å². The summed E-state index contributed by atoms with van der Waals surface area (Å²) in [6.45, 7) is 5.27. The zero-order valence-corrected chi connectivity index (χ0v) is 9.61. The maximum Gasteiger partial charge on any atom is 0.200 e. The van der Waals surface area contributed by atoms with Crippen LogP contribution in [0.5, 0.6) is 0 Å². The Morgan fingerprint density at radius 1 is 1.56 bits per heavy atom. The molecule has 0 amide bonds. The van der Waals surface area contributed by atoms with Crippen molar-refractivity contribution in [3.8, 4) is 0 Å². The van der Waals surface area contributed by atoms with E-state index in [0.717, 1.165) is 0 Å². The first-order valence-corrected chi connectivity index (χ1v) is 6.30. The molecule has 0 aromatic carbocycles. The second-order valence-electron chi connectivity index (χ2n) is 3.64. The highest BCUT2D eigenvalue weighted by Gasteiger charge is 2.18. The van der Waals surface area contributed by atoms with Crippen molar-refractivity contribution in [3.05, 3.63) is 36.9 Å². The van der Waals surface area contributed by atoms with Crippen molar-refractivity contribution >= 4 is 15.5 Å². The normalized spacial score (nSPS) is 11.8. The molecule has 0 unspecified atom stereocenters. The third-order valence-corrected chi connectivity index (χ3v) is 3.70. The van der Waals surface area contributed by atoms with E-state index in [2.05, 4.69) is 16.5 Å². The van der Waals surface area contributed by atoms with E-state index in [1.807, 2.05) is 0 Å². The van der Waals surface area contributed by atoms with Gasteiger partial charge in [0.2, 0.25) is 9.84 Å². The van der Waals surface area contributed by atoms with Crippen LogP contribution in [0.2, 0.25) is 0 Å². The summed E-state index contributed by atoms with van der Waals surface area (Å²) in [4.78, 5) is 7.88. The first kappa shape index (κ1) is 10.8. The van der Waals surface area contributed by atoms with Gasteiger partial charge < -0.3 is 4.40 Å². The molecular weight excluding hydrogens is 226 g/mol. The van der Waals surface area contributed by atoms with Gasteiger partial charge in [0, 0.05) is 18.6 Å². The van der Waals surface area contributed by atoms with Gasteiger partial charge in [-0.1, -0.05) is 12.2 Å². The third-order valence-electron chi connectivity index (χ3n) is 2.00. The Hall–Kier alpha value is -1.69. The molecule has 0 aliphatic carbocycles. The fourth-order valence-electron chi connectivity index (χ4n) is 1.37. The topological polar surface area (TPSA) is 64.3 Å². The molecule has 0 aliphatic heterocycles. The number of hydrogen-bond acceptors (Lipinski definition) is 4. The van der Waals surface area contributed by atoms with Crippen molar-refractivity contribution in [3.63, 3.8) is 0 Å². The number of imidazole rings is 1. The molecule has 0 bridgehead atoms. The number of hydrogen-bond donors (Lipinski definition) is 0. The number of nitrogens with zero attached hydrogens (tertiary/aromatic N) is 3. The molecule has 2 heterocycles. The summed E-state index contributed by atoms with van der Waals surface area (Å²) in [6, 6.07) is 0. The minimum absolute atomic E-state index is 0.0588. The Balaban J connectivity index is 2.52. The van der Waals surface area contributed by atoms with Crippen LogP contribution in [-0.4, -0.2) is 28.5 Å². The third kappa shape index (κ3) is 1.96. The average molecular weight is 237 g/mol. The molecular formula is C10H11N3O2S. The summed E-state index contributed by atoms with van der Waals surface area (Å²) in [7, 11) is -3.38. The Kier molecular flexibility index (Phi) is 2.51. The summed E-state index contributed by atoms with van der Waals surface area (Å²) >= 11 is 0. The molecule has 0 spiro atoms. The minimum Gasteiger partial charge on any atom is -0.303 e. The first-order valence-electron chi connectivity index (χ1n) is 4.65. The van der Waals surface area contributed by atoms with E-state index in [4.69, 9.17) is 0 Å². The lowest BCUT2D eigenvalue weighted by atomic mass is 10.4. The largest absolute Gasteiger partial charge is 0.303 e. The molecule has 0 N–H and O–H groups in total. The fourth-order valence-corrected chi connectivity index (χ4v) is 2.67.